The van der Waals surface area contributed by atoms with Crippen molar-refractivity contribution < 1.29 is 9.90 Å². The van der Waals surface area contributed by atoms with Crippen LogP contribution in [0.3, 0.4) is 0 Å². The molecule has 0 bridgehead atoms. The maximum Gasteiger partial charge on any atom is 0.259 e. The lowest BCUT2D eigenvalue weighted by Gasteiger charge is -2.12. The summed E-state index contributed by atoms with van der Waals surface area (Å²) in [4.78, 5) is 18.5. The van der Waals surface area contributed by atoms with E-state index in [0.717, 1.165) is 16.6 Å². The van der Waals surface area contributed by atoms with Crippen molar-refractivity contribution in [3.8, 4) is 5.75 Å². The largest absolute Gasteiger partial charge is 0.507 e. The number of phenols is 1. The molecule has 23 heavy (non-hydrogen) atoms. The average Bonchev–Trinajstić information content (AvgIpc) is 2.54. The summed E-state index contributed by atoms with van der Waals surface area (Å²) in [6, 6.07) is 14.4. The molecule has 5 nitrogen and oxygen atoms in total. The van der Waals surface area contributed by atoms with Gasteiger partial charge in [0.25, 0.3) is 5.91 Å². The quantitative estimate of drug-likeness (QED) is 0.779. The number of benzene rings is 2. The molecule has 0 saturated heterocycles. The maximum atomic E-state index is 12.4. The van der Waals surface area contributed by atoms with Crippen LogP contribution in [-0.4, -0.2) is 30.1 Å². The number of nitrogens with zero attached hydrogens (tertiary/aromatic N) is 2. The summed E-state index contributed by atoms with van der Waals surface area (Å²) in [6.45, 7) is 0. The topological polar surface area (TPSA) is 65.5 Å². The second-order valence-electron chi connectivity index (χ2n) is 5.47. The molecular formula is C18H17N3O2. The zero-order chi connectivity index (χ0) is 16.4. The van der Waals surface area contributed by atoms with Crippen LogP contribution in [0.2, 0.25) is 0 Å². The molecule has 2 N–H and O–H groups in total. The molecule has 5 heteroatoms. The minimum Gasteiger partial charge on any atom is -0.507 e. The summed E-state index contributed by atoms with van der Waals surface area (Å²) in [6.07, 6.45) is 1.59. The van der Waals surface area contributed by atoms with Gasteiger partial charge in [0.2, 0.25) is 0 Å². The van der Waals surface area contributed by atoms with E-state index in [9.17, 15) is 9.90 Å². The molecule has 1 amide bonds. The molecule has 0 atom stereocenters. The molecule has 0 aliphatic rings. The van der Waals surface area contributed by atoms with Crippen LogP contribution in [-0.2, 0) is 0 Å². The Bertz CT molecular complexity index is 858. The number of hydrogen-bond acceptors (Lipinski definition) is 4. The van der Waals surface area contributed by atoms with Crippen LogP contribution in [0.15, 0.2) is 54.7 Å². The lowest BCUT2D eigenvalue weighted by Crippen LogP contribution is -2.14. The number of pyridine rings is 1. The van der Waals surface area contributed by atoms with Crippen LogP contribution in [0.5, 0.6) is 5.75 Å². The van der Waals surface area contributed by atoms with Crippen molar-refractivity contribution in [1.29, 1.82) is 0 Å². The van der Waals surface area contributed by atoms with E-state index >= 15 is 0 Å². The molecule has 1 aromatic heterocycles. The van der Waals surface area contributed by atoms with Gasteiger partial charge in [0.15, 0.2) is 0 Å². The summed E-state index contributed by atoms with van der Waals surface area (Å²) in [5.74, 6) is 0.392. The molecule has 0 unspecified atom stereocenters. The maximum absolute atomic E-state index is 12.4. The Hall–Kier alpha value is -3.08. The number of amides is 1. The fourth-order valence-electron chi connectivity index (χ4n) is 2.33. The Labute approximate surface area is 134 Å². The fraction of sp³-hybridized carbons (Fsp3) is 0.111. The number of carbonyl (C=O) groups excluding carboxylic acids is 1. The first-order valence-electron chi connectivity index (χ1n) is 7.21. The van der Waals surface area contributed by atoms with Crippen LogP contribution < -0.4 is 10.2 Å². The molecule has 0 fully saturated rings. The zero-order valence-corrected chi connectivity index (χ0v) is 12.9. The first-order valence-corrected chi connectivity index (χ1v) is 7.21. The monoisotopic (exact) mass is 307 g/mol. The molecule has 1 heterocycles. The molecule has 2 aromatic carbocycles. The Morgan fingerprint density at radius 1 is 1.09 bits per heavy atom. The van der Waals surface area contributed by atoms with Gasteiger partial charge < -0.3 is 15.3 Å². The molecule has 0 aliphatic carbocycles. The summed E-state index contributed by atoms with van der Waals surface area (Å²) >= 11 is 0. The summed E-state index contributed by atoms with van der Waals surface area (Å²) in [5.41, 5.74) is 0.813. The molecule has 3 aromatic rings. The SMILES string of the molecule is CN(C)c1ccc(NC(=O)c2cc3ccccc3cc2O)cn1. The van der Waals surface area contributed by atoms with Crippen molar-refractivity contribution >= 4 is 28.2 Å². The highest BCUT2D eigenvalue weighted by atomic mass is 16.3. The lowest BCUT2D eigenvalue weighted by atomic mass is 10.1. The highest BCUT2D eigenvalue weighted by Gasteiger charge is 2.13. The molecule has 0 spiro atoms. The highest BCUT2D eigenvalue weighted by molar-refractivity contribution is 6.08. The van der Waals surface area contributed by atoms with Gasteiger partial charge in [0.05, 0.1) is 17.4 Å². The van der Waals surface area contributed by atoms with Crippen LogP contribution in [0, 0.1) is 0 Å². The van der Waals surface area contributed by atoms with Gasteiger partial charge in [-0.3, -0.25) is 4.79 Å². The van der Waals surface area contributed by atoms with E-state index in [4.69, 9.17) is 0 Å². The van der Waals surface area contributed by atoms with E-state index in [-0.39, 0.29) is 17.2 Å². The Morgan fingerprint density at radius 3 is 2.39 bits per heavy atom. The molecule has 3 rings (SSSR count). The van der Waals surface area contributed by atoms with E-state index in [1.807, 2.05) is 49.3 Å². The van der Waals surface area contributed by atoms with E-state index in [0.29, 0.717) is 5.69 Å². The van der Waals surface area contributed by atoms with Crippen LogP contribution in [0.25, 0.3) is 10.8 Å². The fourth-order valence-corrected chi connectivity index (χ4v) is 2.33. The van der Waals surface area contributed by atoms with Gasteiger partial charge in [-0.25, -0.2) is 4.98 Å². The normalized spacial score (nSPS) is 10.5. The number of anilines is 2. The Kier molecular flexibility index (Phi) is 3.85. The number of aromatic nitrogens is 1. The number of aromatic hydroxyl groups is 1. The van der Waals surface area contributed by atoms with Crippen molar-refractivity contribution in [3.05, 3.63) is 60.3 Å². The van der Waals surface area contributed by atoms with Gasteiger partial charge in [-0.05, 0) is 35.0 Å². The third kappa shape index (κ3) is 3.08. The minimum absolute atomic E-state index is 0.0425. The van der Waals surface area contributed by atoms with Crippen LogP contribution >= 0.6 is 0 Å². The van der Waals surface area contributed by atoms with Gasteiger partial charge in [0, 0.05) is 14.1 Å². The predicted octanol–water partition coefficient (Wildman–Crippen LogP) is 3.26. The smallest absolute Gasteiger partial charge is 0.259 e. The minimum atomic E-state index is -0.368. The van der Waals surface area contributed by atoms with Gasteiger partial charge >= 0.3 is 0 Å². The molecule has 0 saturated carbocycles. The van der Waals surface area contributed by atoms with Gasteiger partial charge in [0.1, 0.15) is 11.6 Å². The van der Waals surface area contributed by atoms with E-state index < -0.39 is 0 Å². The second kappa shape index (κ2) is 5.96. The zero-order valence-electron chi connectivity index (χ0n) is 12.9. The van der Waals surface area contributed by atoms with E-state index in [1.54, 1.807) is 24.4 Å². The molecule has 0 aliphatic heterocycles. The third-order valence-corrected chi connectivity index (χ3v) is 3.57. The standard InChI is InChI=1S/C18H17N3O2/c1-21(2)17-8-7-14(11-19-17)20-18(23)15-9-12-5-3-4-6-13(12)10-16(15)22/h3-11,22H,1-2H3,(H,20,23). The van der Waals surface area contributed by atoms with E-state index in [1.165, 1.54) is 0 Å². The first kappa shape index (κ1) is 14.8. The first-order chi connectivity index (χ1) is 11.0. The number of rotatable bonds is 3. The molecule has 0 radical (unpaired) electrons. The number of fused-ring (bicyclic) bond motifs is 1. The van der Waals surface area contributed by atoms with Gasteiger partial charge in [-0.2, -0.15) is 0 Å². The van der Waals surface area contributed by atoms with Crippen molar-refractivity contribution in [2.24, 2.45) is 0 Å². The summed E-state index contributed by atoms with van der Waals surface area (Å²) < 4.78 is 0. The van der Waals surface area contributed by atoms with Crippen LogP contribution in [0.4, 0.5) is 11.5 Å². The highest BCUT2D eigenvalue weighted by Crippen LogP contribution is 2.25. The van der Waals surface area contributed by atoms with Crippen molar-refractivity contribution in [3.63, 3.8) is 0 Å². The Balaban J connectivity index is 1.86. The molecular weight excluding hydrogens is 290 g/mol. The van der Waals surface area contributed by atoms with Crippen molar-refractivity contribution in [2.45, 2.75) is 0 Å². The summed E-state index contributed by atoms with van der Waals surface area (Å²) in [5, 5.41) is 14.6. The van der Waals surface area contributed by atoms with Gasteiger partial charge in [-0.1, -0.05) is 24.3 Å². The number of phenolic OH excluding ortho intramolecular Hbond substituents is 1. The third-order valence-electron chi connectivity index (χ3n) is 3.57. The number of carbonyl (C=O) groups is 1. The number of nitrogens with one attached hydrogen (secondary N) is 1. The number of hydrogen-bond donors (Lipinski definition) is 2. The lowest BCUT2D eigenvalue weighted by molar-refractivity contribution is 0.102. The van der Waals surface area contributed by atoms with Crippen molar-refractivity contribution in [2.75, 3.05) is 24.3 Å². The van der Waals surface area contributed by atoms with Crippen molar-refractivity contribution in [1.82, 2.24) is 4.98 Å². The summed E-state index contributed by atoms with van der Waals surface area (Å²) in [7, 11) is 3.79. The van der Waals surface area contributed by atoms with Crippen LogP contribution in [0.1, 0.15) is 10.4 Å². The van der Waals surface area contributed by atoms with Gasteiger partial charge in [-0.15, -0.1) is 0 Å². The predicted molar refractivity (Wildman–Crippen MR) is 92.1 cm³/mol. The average molecular weight is 307 g/mol. The second-order valence-corrected chi connectivity index (χ2v) is 5.47. The van der Waals surface area contributed by atoms with E-state index in [2.05, 4.69) is 10.3 Å². The molecule has 116 valence electrons. The Morgan fingerprint density at radius 2 is 1.78 bits per heavy atom.